The molecule has 0 heterocycles. The van der Waals surface area contributed by atoms with Crippen molar-refractivity contribution >= 4 is 22.4 Å². The van der Waals surface area contributed by atoms with Gasteiger partial charge in [-0.3, -0.25) is 4.21 Å². The fraction of sp³-hybridized carbons (Fsp3) is 0.250. The molecular weight excluding hydrogens is 276 g/mol. The summed E-state index contributed by atoms with van der Waals surface area (Å²) < 4.78 is 12.3. The van der Waals surface area contributed by atoms with Gasteiger partial charge < -0.3 is 0 Å². The number of halogens is 1. The summed E-state index contributed by atoms with van der Waals surface area (Å²) in [6, 6.07) is 13.8. The first-order valence-corrected chi connectivity index (χ1v) is 8.05. The van der Waals surface area contributed by atoms with Crippen molar-refractivity contribution in [1.82, 2.24) is 0 Å². The monoisotopic (exact) mass is 292 g/mol. The van der Waals surface area contributed by atoms with E-state index in [0.29, 0.717) is 11.6 Å². The maximum Gasteiger partial charge on any atom is 0.0574 e. The van der Waals surface area contributed by atoms with Gasteiger partial charge in [-0.15, -0.1) is 11.6 Å². The Balaban J connectivity index is 2.25. The van der Waals surface area contributed by atoms with E-state index in [2.05, 4.69) is 12.1 Å². The van der Waals surface area contributed by atoms with E-state index in [1.54, 1.807) is 0 Å². The van der Waals surface area contributed by atoms with Crippen LogP contribution < -0.4 is 0 Å². The highest BCUT2D eigenvalue weighted by Crippen LogP contribution is 2.21. The van der Waals surface area contributed by atoms with Crippen LogP contribution in [0.25, 0.3) is 0 Å². The minimum Gasteiger partial charge on any atom is -0.254 e. The van der Waals surface area contributed by atoms with Crippen LogP contribution in [0.15, 0.2) is 47.4 Å². The summed E-state index contributed by atoms with van der Waals surface area (Å²) in [4.78, 5) is 0.876. The zero-order valence-electron chi connectivity index (χ0n) is 11.2. The molecule has 0 bridgehead atoms. The summed E-state index contributed by atoms with van der Waals surface area (Å²) in [6.45, 7) is 4.10. The molecule has 0 radical (unpaired) electrons. The van der Waals surface area contributed by atoms with Crippen molar-refractivity contribution in [3.63, 3.8) is 0 Å². The predicted octanol–water partition coefficient (Wildman–Crippen LogP) is 4.35. The number of benzene rings is 2. The maximum atomic E-state index is 12.3. The summed E-state index contributed by atoms with van der Waals surface area (Å²) >= 11 is 5.90. The van der Waals surface area contributed by atoms with Crippen LogP contribution in [0.3, 0.4) is 0 Å². The molecule has 1 unspecified atom stereocenters. The van der Waals surface area contributed by atoms with Crippen LogP contribution in [0.4, 0.5) is 0 Å². The average molecular weight is 293 g/mol. The Morgan fingerprint density at radius 2 is 1.58 bits per heavy atom. The second kappa shape index (κ2) is 6.36. The highest BCUT2D eigenvalue weighted by molar-refractivity contribution is 7.84. The highest BCUT2D eigenvalue weighted by Gasteiger charge is 2.09. The summed E-state index contributed by atoms with van der Waals surface area (Å²) in [5.41, 5.74) is 4.60. The Morgan fingerprint density at radius 1 is 1.00 bits per heavy atom. The molecule has 2 aromatic rings. The second-order valence-electron chi connectivity index (χ2n) is 4.64. The van der Waals surface area contributed by atoms with Crippen LogP contribution in [0, 0.1) is 13.8 Å². The van der Waals surface area contributed by atoms with Crippen molar-refractivity contribution in [3.8, 4) is 0 Å². The molecule has 0 N–H and O–H groups in total. The Labute approximate surface area is 122 Å². The van der Waals surface area contributed by atoms with E-state index in [1.165, 1.54) is 5.56 Å². The van der Waals surface area contributed by atoms with Gasteiger partial charge in [0.25, 0.3) is 0 Å². The first-order chi connectivity index (χ1) is 9.11. The lowest BCUT2D eigenvalue weighted by molar-refractivity contribution is 0.682. The molecule has 0 amide bonds. The Kier molecular flexibility index (Phi) is 4.78. The van der Waals surface area contributed by atoms with Crippen molar-refractivity contribution in [3.05, 3.63) is 64.7 Å². The van der Waals surface area contributed by atoms with Gasteiger partial charge in [0.1, 0.15) is 0 Å². The van der Waals surface area contributed by atoms with E-state index < -0.39 is 10.8 Å². The lowest BCUT2D eigenvalue weighted by Gasteiger charge is -2.10. The van der Waals surface area contributed by atoms with E-state index in [1.807, 2.05) is 44.2 Å². The SMILES string of the molecule is Cc1cc(CS(=O)c2ccccc2)c(C)cc1CCl. The molecule has 1 atom stereocenters. The molecular formula is C16H17ClOS. The maximum absolute atomic E-state index is 12.3. The number of aryl methyl sites for hydroxylation is 2. The van der Waals surface area contributed by atoms with Crippen LogP contribution in [0.2, 0.25) is 0 Å². The molecule has 0 aliphatic heterocycles. The van der Waals surface area contributed by atoms with Gasteiger partial charge in [0.2, 0.25) is 0 Å². The van der Waals surface area contributed by atoms with Crippen LogP contribution >= 0.6 is 11.6 Å². The largest absolute Gasteiger partial charge is 0.254 e. The quantitative estimate of drug-likeness (QED) is 0.766. The molecule has 100 valence electrons. The topological polar surface area (TPSA) is 17.1 Å². The average Bonchev–Trinajstić information content (AvgIpc) is 2.43. The zero-order chi connectivity index (χ0) is 13.8. The standard InChI is InChI=1S/C16H17ClOS/c1-12-9-15(13(2)8-14(12)10-17)11-19(18)16-6-4-3-5-7-16/h3-9H,10-11H2,1-2H3. The smallest absolute Gasteiger partial charge is 0.0574 e. The first-order valence-electron chi connectivity index (χ1n) is 6.20. The molecule has 2 rings (SSSR count). The number of rotatable bonds is 4. The Morgan fingerprint density at radius 3 is 2.21 bits per heavy atom. The van der Waals surface area contributed by atoms with Crippen LogP contribution in [-0.2, 0) is 22.4 Å². The molecule has 0 saturated heterocycles. The second-order valence-corrected chi connectivity index (χ2v) is 6.36. The summed E-state index contributed by atoms with van der Waals surface area (Å²) in [6.07, 6.45) is 0. The van der Waals surface area contributed by atoms with E-state index >= 15 is 0 Å². The molecule has 0 aromatic heterocycles. The van der Waals surface area contributed by atoms with E-state index in [9.17, 15) is 4.21 Å². The van der Waals surface area contributed by atoms with Crippen molar-refractivity contribution in [2.75, 3.05) is 0 Å². The third-order valence-corrected chi connectivity index (χ3v) is 4.89. The van der Waals surface area contributed by atoms with Gasteiger partial charge in [-0.05, 0) is 48.2 Å². The van der Waals surface area contributed by atoms with Gasteiger partial charge in [-0.2, -0.15) is 0 Å². The molecule has 0 fully saturated rings. The molecule has 0 aliphatic carbocycles. The van der Waals surface area contributed by atoms with Crippen molar-refractivity contribution < 1.29 is 4.21 Å². The summed E-state index contributed by atoms with van der Waals surface area (Å²) in [5, 5.41) is 0. The van der Waals surface area contributed by atoms with Crippen LogP contribution in [-0.4, -0.2) is 4.21 Å². The molecule has 1 nitrogen and oxygen atoms in total. The lowest BCUT2D eigenvalue weighted by Crippen LogP contribution is -2.00. The molecule has 3 heteroatoms. The zero-order valence-corrected chi connectivity index (χ0v) is 12.7. The Hall–Kier alpha value is -1.12. The number of hydrogen-bond acceptors (Lipinski definition) is 1. The third-order valence-electron chi connectivity index (χ3n) is 3.23. The molecule has 0 saturated carbocycles. The van der Waals surface area contributed by atoms with Crippen LogP contribution in [0.1, 0.15) is 22.3 Å². The van der Waals surface area contributed by atoms with Crippen molar-refractivity contribution in [2.24, 2.45) is 0 Å². The van der Waals surface area contributed by atoms with Gasteiger partial charge in [-0.1, -0.05) is 30.3 Å². The third kappa shape index (κ3) is 3.46. The predicted molar refractivity (Wildman–Crippen MR) is 82.0 cm³/mol. The van der Waals surface area contributed by atoms with E-state index in [0.717, 1.165) is 21.6 Å². The fourth-order valence-electron chi connectivity index (χ4n) is 2.03. The Bertz CT molecular complexity index is 593. The van der Waals surface area contributed by atoms with Gasteiger partial charge >= 0.3 is 0 Å². The van der Waals surface area contributed by atoms with Crippen LogP contribution in [0.5, 0.6) is 0 Å². The van der Waals surface area contributed by atoms with Gasteiger partial charge in [0.15, 0.2) is 0 Å². The van der Waals surface area contributed by atoms with Gasteiger partial charge in [0, 0.05) is 10.8 Å². The fourth-order valence-corrected chi connectivity index (χ4v) is 3.54. The van der Waals surface area contributed by atoms with E-state index in [-0.39, 0.29) is 0 Å². The highest BCUT2D eigenvalue weighted by atomic mass is 35.5. The van der Waals surface area contributed by atoms with Gasteiger partial charge in [-0.25, -0.2) is 0 Å². The lowest BCUT2D eigenvalue weighted by atomic mass is 10.0. The summed E-state index contributed by atoms with van der Waals surface area (Å²) in [5.74, 6) is 1.08. The normalized spacial score (nSPS) is 12.4. The molecule has 2 aromatic carbocycles. The minimum absolute atomic E-state index is 0.523. The minimum atomic E-state index is -0.994. The molecule has 19 heavy (non-hydrogen) atoms. The number of alkyl halides is 1. The first kappa shape index (κ1) is 14.3. The molecule has 0 aliphatic rings. The van der Waals surface area contributed by atoms with E-state index in [4.69, 9.17) is 11.6 Å². The number of hydrogen-bond donors (Lipinski definition) is 0. The molecule has 0 spiro atoms. The van der Waals surface area contributed by atoms with Gasteiger partial charge in [0.05, 0.1) is 16.6 Å². The summed E-state index contributed by atoms with van der Waals surface area (Å²) in [7, 11) is -0.994. The van der Waals surface area contributed by atoms with Crippen molar-refractivity contribution in [1.29, 1.82) is 0 Å². The van der Waals surface area contributed by atoms with Crippen molar-refractivity contribution in [2.45, 2.75) is 30.4 Å².